The molecule has 2 fully saturated rings. The number of rotatable bonds is 19. The highest BCUT2D eigenvalue weighted by Gasteiger charge is 2.40. The Hall–Kier alpha value is -1.52. The summed E-state index contributed by atoms with van der Waals surface area (Å²) >= 11 is 0. The third kappa shape index (κ3) is 13.4. The molecule has 3 rings (SSSR count). The zero-order valence-electron chi connectivity index (χ0n) is 25.0. The van der Waals surface area contributed by atoms with Crippen molar-refractivity contribution < 1.29 is 34.4 Å². The summed E-state index contributed by atoms with van der Waals surface area (Å²) in [5.41, 5.74) is 1.20. The van der Waals surface area contributed by atoms with Crippen LogP contribution in [0.25, 0.3) is 0 Å². The molecule has 0 radical (unpaired) electrons. The van der Waals surface area contributed by atoms with Crippen molar-refractivity contribution in [1.82, 2.24) is 0 Å². The van der Waals surface area contributed by atoms with Gasteiger partial charge < -0.3 is 24.8 Å². The molecule has 0 aromatic heterocycles. The number of unbranched alkanes of at least 4 members (excludes halogenated alkanes) is 2. The van der Waals surface area contributed by atoms with Crippen LogP contribution >= 0.6 is 21.6 Å². The lowest BCUT2D eigenvalue weighted by molar-refractivity contribution is -0.184. The number of hydrogen-bond donors (Lipinski definition) is 3. The van der Waals surface area contributed by atoms with Gasteiger partial charge in [0.1, 0.15) is 0 Å². The average molecular weight is 623 g/mol. The number of esters is 2. The molecule has 0 spiro atoms. The summed E-state index contributed by atoms with van der Waals surface area (Å²) in [5.74, 6) is 0.417. The van der Waals surface area contributed by atoms with Crippen molar-refractivity contribution in [3.63, 3.8) is 0 Å². The molecule has 1 saturated heterocycles. The number of hydrogen-bond acceptors (Lipinski definition) is 9. The first-order valence-electron chi connectivity index (χ1n) is 15.7. The number of carbonyl (C=O) groups excluding carboxylic acids is 2. The Morgan fingerprint density at radius 1 is 0.952 bits per heavy atom. The second kappa shape index (κ2) is 19.7. The summed E-state index contributed by atoms with van der Waals surface area (Å²) in [4.78, 5) is 24.2. The van der Waals surface area contributed by atoms with E-state index in [1.165, 1.54) is 17.7 Å². The first kappa shape index (κ1) is 35.0. The van der Waals surface area contributed by atoms with Gasteiger partial charge in [0.05, 0.1) is 18.3 Å². The molecule has 1 aromatic carbocycles. The van der Waals surface area contributed by atoms with E-state index in [0.717, 1.165) is 25.7 Å². The highest BCUT2D eigenvalue weighted by atomic mass is 33.1. The smallest absolute Gasteiger partial charge is 0.308 e. The number of carbonyl (C=O) groups is 2. The van der Waals surface area contributed by atoms with Crippen LogP contribution < -0.4 is 0 Å². The van der Waals surface area contributed by atoms with Crippen LogP contribution in [-0.4, -0.2) is 62.9 Å². The molecule has 1 heterocycles. The van der Waals surface area contributed by atoms with E-state index in [9.17, 15) is 24.9 Å². The predicted octanol–water partition coefficient (Wildman–Crippen LogP) is 6.38. The fourth-order valence-corrected chi connectivity index (χ4v) is 8.89. The Morgan fingerprint density at radius 2 is 1.67 bits per heavy atom. The zero-order valence-corrected chi connectivity index (χ0v) is 26.6. The van der Waals surface area contributed by atoms with Gasteiger partial charge in [-0.1, -0.05) is 70.5 Å². The van der Waals surface area contributed by atoms with E-state index in [4.69, 9.17) is 9.47 Å². The Kier molecular flexibility index (Phi) is 16.4. The molecule has 2 aliphatic rings. The van der Waals surface area contributed by atoms with Gasteiger partial charge in [0, 0.05) is 30.8 Å². The molecule has 7 nitrogen and oxygen atoms in total. The third-order valence-corrected chi connectivity index (χ3v) is 11.3. The minimum absolute atomic E-state index is 0.0411. The van der Waals surface area contributed by atoms with Crippen LogP contribution in [0.1, 0.15) is 96.0 Å². The minimum atomic E-state index is -0.883. The molecule has 1 aliphatic heterocycles. The molecular formula is C33H50O7S2. The second-order valence-corrected chi connectivity index (χ2v) is 14.5. The van der Waals surface area contributed by atoms with Crippen molar-refractivity contribution >= 4 is 33.5 Å². The van der Waals surface area contributed by atoms with Crippen molar-refractivity contribution in [2.45, 2.75) is 127 Å². The number of allylic oxidation sites excluding steroid dienone is 2. The normalized spacial score (nSPS) is 25.5. The van der Waals surface area contributed by atoms with Gasteiger partial charge in [0.25, 0.3) is 0 Å². The molecule has 1 aromatic rings. The molecule has 236 valence electrons. The predicted molar refractivity (Wildman–Crippen MR) is 170 cm³/mol. The van der Waals surface area contributed by atoms with Gasteiger partial charge >= 0.3 is 11.9 Å². The fourth-order valence-electron chi connectivity index (χ4n) is 5.87. The number of ether oxygens (including phenoxy) is 2. The monoisotopic (exact) mass is 622 g/mol. The molecular weight excluding hydrogens is 572 g/mol. The van der Waals surface area contributed by atoms with Crippen LogP contribution in [0.4, 0.5) is 0 Å². The molecule has 1 aliphatic carbocycles. The van der Waals surface area contributed by atoms with E-state index in [1.54, 1.807) is 6.92 Å². The van der Waals surface area contributed by atoms with E-state index in [-0.39, 0.29) is 30.2 Å². The van der Waals surface area contributed by atoms with Crippen LogP contribution in [0.15, 0.2) is 42.5 Å². The quantitative estimate of drug-likeness (QED) is 0.0532. The van der Waals surface area contributed by atoms with E-state index >= 15 is 0 Å². The number of benzene rings is 1. The van der Waals surface area contributed by atoms with Gasteiger partial charge in [-0.05, 0) is 88.0 Å². The van der Waals surface area contributed by atoms with Gasteiger partial charge in [-0.2, -0.15) is 0 Å². The highest BCUT2D eigenvalue weighted by molar-refractivity contribution is 8.77. The Labute approximate surface area is 259 Å². The maximum atomic E-state index is 12.1. The molecule has 3 N–H and O–H groups in total. The Balaban J connectivity index is 1.24. The summed E-state index contributed by atoms with van der Waals surface area (Å²) in [6, 6.07) is 10.1. The van der Waals surface area contributed by atoms with Gasteiger partial charge in [-0.25, -0.2) is 0 Å². The van der Waals surface area contributed by atoms with Crippen molar-refractivity contribution in [3.8, 4) is 0 Å². The molecule has 7 atom stereocenters. The number of aliphatic hydroxyl groups is 3. The van der Waals surface area contributed by atoms with Crippen LogP contribution in [0.5, 0.6) is 0 Å². The third-order valence-electron chi connectivity index (χ3n) is 8.27. The first-order chi connectivity index (χ1) is 20.3. The summed E-state index contributed by atoms with van der Waals surface area (Å²) in [5, 5.41) is 32.2. The summed E-state index contributed by atoms with van der Waals surface area (Å²) in [6.07, 6.45) is 11.5. The maximum Gasteiger partial charge on any atom is 0.308 e. The molecule has 1 saturated carbocycles. The standard InChI is InChI=1S/C33H50O7S2/c1-24(40-33(38)16-10-9-13-27-21-22-41-42-27)39-32(37)15-8-3-2-7-14-28-29(31(36)23-30(28)35)20-19-26(34)18-17-25-11-5-4-6-12-25/h2,4-7,11-12,24,26-31,34-36H,3,8-10,13-23H2,1H3/b7-2-/t24?,26-,27+,28+,29+,30-,31+/m0/s1. The van der Waals surface area contributed by atoms with Crippen LogP contribution in [0.2, 0.25) is 0 Å². The molecule has 0 amide bonds. The number of aryl methyl sites for hydroxylation is 1. The van der Waals surface area contributed by atoms with E-state index < -0.39 is 24.6 Å². The second-order valence-electron chi connectivity index (χ2n) is 11.7. The average Bonchev–Trinajstić information content (AvgIpc) is 3.58. The SMILES string of the molecule is CC(OC(=O)CCC/C=C\C[C@@H]1[C@@H](CC[C@@H](O)CCc2ccccc2)[C@H](O)C[C@@H]1O)OC(=O)CCCC[C@@H]1CCSS1. The first-order valence-corrected chi connectivity index (χ1v) is 18.1. The largest absolute Gasteiger partial charge is 0.425 e. The van der Waals surface area contributed by atoms with Gasteiger partial charge in [-0.15, -0.1) is 0 Å². The van der Waals surface area contributed by atoms with E-state index in [2.05, 4.69) is 12.1 Å². The lowest BCUT2D eigenvalue weighted by Crippen LogP contribution is -2.23. The number of aliphatic hydroxyl groups excluding tert-OH is 3. The maximum absolute atomic E-state index is 12.1. The van der Waals surface area contributed by atoms with E-state index in [1.807, 2.05) is 51.9 Å². The molecule has 9 heteroatoms. The molecule has 0 bridgehead atoms. The van der Waals surface area contributed by atoms with Crippen molar-refractivity contribution in [2.75, 3.05) is 5.75 Å². The van der Waals surface area contributed by atoms with Crippen molar-refractivity contribution in [3.05, 3.63) is 48.0 Å². The van der Waals surface area contributed by atoms with Crippen LogP contribution in [0.3, 0.4) is 0 Å². The summed E-state index contributed by atoms with van der Waals surface area (Å²) < 4.78 is 10.5. The fraction of sp³-hybridized carbons (Fsp3) is 0.697. The van der Waals surface area contributed by atoms with Crippen LogP contribution in [-0.2, 0) is 25.5 Å². The van der Waals surface area contributed by atoms with Crippen molar-refractivity contribution in [1.29, 1.82) is 0 Å². The lowest BCUT2D eigenvalue weighted by atomic mass is 9.85. The Bertz CT molecular complexity index is 938. The molecule has 1 unspecified atom stereocenters. The zero-order chi connectivity index (χ0) is 30.2. The van der Waals surface area contributed by atoms with Gasteiger partial charge in [0.2, 0.25) is 6.29 Å². The summed E-state index contributed by atoms with van der Waals surface area (Å²) in [7, 11) is 3.88. The minimum Gasteiger partial charge on any atom is -0.425 e. The lowest BCUT2D eigenvalue weighted by Gasteiger charge is -2.23. The van der Waals surface area contributed by atoms with Crippen LogP contribution in [0, 0.1) is 11.8 Å². The van der Waals surface area contributed by atoms with Gasteiger partial charge in [0.15, 0.2) is 0 Å². The summed E-state index contributed by atoms with van der Waals surface area (Å²) in [6.45, 7) is 1.57. The van der Waals surface area contributed by atoms with Crippen molar-refractivity contribution in [2.24, 2.45) is 11.8 Å². The highest BCUT2D eigenvalue weighted by Crippen LogP contribution is 2.40. The topological polar surface area (TPSA) is 113 Å². The molecule has 42 heavy (non-hydrogen) atoms. The Morgan fingerprint density at radius 3 is 2.38 bits per heavy atom. The van der Waals surface area contributed by atoms with Gasteiger partial charge in [-0.3, -0.25) is 9.59 Å². The van der Waals surface area contributed by atoms with E-state index in [0.29, 0.717) is 56.6 Å².